The van der Waals surface area contributed by atoms with Crippen LogP contribution in [-0.2, 0) is 6.54 Å². The third-order valence-corrected chi connectivity index (χ3v) is 3.00. The van der Waals surface area contributed by atoms with Crippen molar-refractivity contribution in [3.05, 3.63) is 75.1 Å². The lowest BCUT2D eigenvalue weighted by Gasteiger charge is -2.10. The molecule has 0 fully saturated rings. The monoisotopic (exact) mass is 256 g/mol. The third-order valence-electron chi connectivity index (χ3n) is 3.00. The number of hydrogen-bond donors (Lipinski definition) is 0. The average molecular weight is 256 g/mol. The van der Waals surface area contributed by atoms with Gasteiger partial charge in [0.1, 0.15) is 0 Å². The molecule has 0 unspecified atom stereocenters. The molecule has 2 rings (SSSR count). The van der Waals surface area contributed by atoms with E-state index in [-0.39, 0.29) is 0 Å². The highest BCUT2D eigenvalue weighted by molar-refractivity contribution is 5.42. The van der Waals surface area contributed by atoms with E-state index in [1.807, 2.05) is 32.0 Å². The van der Waals surface area contributed by atoms with E-state index in [1.165, 1.54) is 9.13 Å². The molecule has 4 nitrogen and oxygen atoms in total. The normalized spacial score (nSPS) is 10.4. The van der Waals surface area contributed by atoms with E-state index < -0.39 is 11.1 Å². The molecule has 2 aromatic rings. The fourth-order valence-corrected chi connectivity index (χ4v) is 2.06. The number of rotatable bonds is 3. The Morgan fingerprint density at radius 3 is 2.53 bits per heavy atom. The van der Waals surface area contributed by atoms with Crippen molar-refractivity contribution in [2.24, 2.45) is 0 Å². The van der Waals surface area contributed by atoms with Crippen LogP contribution < -0.4 is 11.1 Å². The van der Waals surface area contributed by atoms with Crippen molar-refractivity contribution in [2.75, 3.05) is 0 Å². The van der Waals surface area contributed by atoms with Gasteiger partial charge in [0.25, 0.3) is 0 Å². The fourth-order valence-electron chi connectivity index (χ4n) is 2.06. The summed E-state index contributed by atoms with van der Waals surface area (Å²) in [5, 5.41) is 0. The quantitative estimate of drug-likeness (QED) is 0.621. The van der Waals surface area contributed by atoms with Crippen molar-refractivity contribution in [3.63, 3.8) is 0 Å². The predicted octanol–water partition coefficient (Wildman–Crippen LogP) is 1.80. The smallest absolute Gasteiger partial charge is 0.306 e. The molecule has 0 aliphatic carbocycles. The lowest BCUT2D eigenvalue weighted by Crippen LogP contribution is -2.39. The number of allylic oxidation sites excluding steroid dienone is 1. The minimum atomic E-state index is -0.545. The molecular weight excluding hydrogens is 240 g/mol. The molecular formula is C15H16N2O2. The molecule has 19 heavy (non-hydrogen) atoms. The molecule has 0 bridgehead atoms. The van der Waals surface area contributed by atoms with Crippen LogP contribution in [0.5, 0.6) is 0 Å². The lowest BCUT2D eigenvalue weighted by molar-refractivity contribution is 0.732. The molecule has 1 heterocycles. The fraction of sp³-hybridized carbons (Fsp3) is 0.200. The second-order valence-corrected chi connectivity index (χ2v) is 4.51. The SMILES string of the molecule is C=CCn1ccn(-c2ccc(C)cc2C)c(=O)c1=O. The number of aromatic nitrogens is 2. The molecule has 0 amide bonds. The number of hydrogen-bond acceptors (Lipinski definition) is 2. The van der Waals surface area contributed by atoms with Gasteiger partial charge in [0, 0.05) is 18.9 Å². The van der Waals surface area contributed by atoms with Gasteiger partial charge in [-0.1, -0.05) is 23.8 Å². The number of benzene rings is 1. The van der Waals surface area contributed by atoms with E-state index >= 15 is 0 Å². The highest BCUT2D eigenvalue weighted by Crippen LogP contribution is 2.13. The summed E-state index contributed by atoms with van der Waals surface area (Å²) < 4.78 is 2.73. The minimum Gasteiger partial charge on any atom is -0.306 e. The van der Waals surface area contributed by atoms with Gasteiger partial charge in [-0.05, 0) is 25.5 Å². The summed E-state index contributed by atoms with van der Waals surface area (Å²) >= 11 is 0. The maximum Gasteiger partial charge on any atom is 0.320 e. The summed E-state index contributed by atoms with van der Waals surface area (Å²) in [6, 6.07) is 5.75. The first kappa shape index (κ1) is 13.1. The summed E-state index contributed by atoms with van der Waals surface area (Å²) in [5.74, 6) is 0. The maximum atomic E-state index is 12.1. The first-order chi connectivity index (χ1) is 9.04. The van der Waals surface area contributed by atoms with Crippen LogP contribution >= 0.6 is 0 Å². The average Bonchev–Trinajstić information content (AvgIpc) is 2.37. The largest absolute Gasteiger partial charge is 0.320 e. The summed E-state index contributed by atoms with van der Waals surface area (Å²) in [6.07, 6.45) is 4.80. The van der Waals surface area contributed by atoms with E-state index in [2.05, 4.69) is 6.58 Å². The molecule has 98 valence electrons. The van der Waals surface area contributed by atoms with Gasteiger partial charge in [-0.15, -0.1) is 6.58 Å². The zero-order valence-electron chi connectivity index (χ0n) is 11.1. The van der Waals surface area contributed by atoms with Crippen molar-refractivity contribution in [3.8, 4) is 5.69 Å². The summed E-state index contributed by atoms with van der Waals surface area (Å²) in [7, 11) is 0. The zero-order valence-corrected chi connectivity index (χ0v) is 11.1. The van der Waals surface area contributed by atoms with Crippen LogP contribution in [0, 0.1) is 13.8 Å². The van der Waals surface area contributed by atoms with Gasteiger partial charge in [-0.2, -0.15) is 0 Å². The predicted molar refractivity (Wildman–Crippen MR) is 76.0 cm³/mol. The second-order valence-electron chi connectivity index (χ2n) is 4.51. The van der Waals surface area contributed by atoms with E-state index in [9.17, 15) is 9.59 Å². The molecule has 0 aliphatic heterocycles. The first-order valence-electron chi connectivity index (χ1n) is 6.05. The van der Waals surface area contributed by atoms with Crippen molar-refractivity contribution in [1.29, 1.82) is 0 Å². The van der Waals surface area contributed by atoms with Gasteiger partial charge in [-0.25, -0.2) is 0 Å². The molecule has 0 saturated heterocycles. The zero-order chi connectivity index (χ0) is 14.0. The van der Waals surface area contributed by atoms with Crippen LogP contribution in [0.1, 0.15) is 11.1 Å². The van der Waals surface area contributed by atoms with E-state index in [1.54, 1.807) is 18.5 Å². The van der Waals surface area contributed by atoms with Gasteiger partial charge < -0.3 is 4.57 Å². The molecule has 1 aromatic carbocycles. The van der Waals surface area contributed by atoms with Gasteiger partial charge in [0.15, 0.2) is 0 Å². The van der Waals surface area contributed by atoms with Crippen LogP contribution in [0.4, 0.5) is 0 Å². The molecule has 0 spiro atoms. The van der Waals surface area contributed by atoms with Crippen molar-refractivity contribution >= 4 is 0 Å². The Kier molecular flexibility index (Phi) is 3.51. The van der Waals surface area contributed by atoms with Crippen LogP contribution in [0.3, 0.4) is 0 Å². The topological polar surface area (TPSA) is 44.0 Å². The lowest BCUT2D eigenvalue weighted by atomic mass is 10.1. The van der Waals surface area contributed by atoms with Crippen LogP contribution in [0.25, 0.3) is 5.69 Å². The highest BCUT2D eigenvalue weighted by Gasteiger charge is 2.07. The highest BCUT2D eigenvalue weighted by atomic mass is 16.2. The van der Waals surface area contributed by atoms with E-state index in [0.717, 1.165) is 16.8 Å². The van der Waals surface area contributed by atoms with Crippen molar-refractivity contribution < 1.29 is 0 Å². The summed E-state index contributed by atoms with van der Waals surface area (Å²) in [5.41, 5.74) is 1.73. The van der Waals surface area contributed by atoms with Crippen LogP contribution in [-0.4, -0.2) is 9.13 Å². The number of aryl methyl sites for hydroxylation is 2. The standard InChI is InChI=1S/C15H16N2O2/c1-4-7-16-8-9-17(15(19)14(16)18)13-6-5-11(2)10-12(13)3/h4-6,8-10H,1,7H2,2-3H3. The molecule has 0 atom stereocenters. The molecule has 1 aromatic heterocycles. The van der Waals surface area contributed by atoms with Crippen LogP contribution in [0.15, 0.2) is 52.8 Å². The van der Waals surface area contributed by atoms with Gasteiger partial charge >= 0.3 is 11.1 Å². The number of nitrogens with zero attached hydrogens (tertiary/aromatic N) is 2. The third kappa shape index (κ3) is 2.42. The Hall–Kier alpha value is -2.36. The first-order valence-corrected chi connectivity index (χ1v) is 6.05. The van der Waals surface area contributed by atoms with Crippen molar-refractivity contribution in [1.82, 2.24) is 9.13 Å². The Morgan fingerprint density at radius 2 is 1.89 bits per heavy atom. The molecule has 0 N–H and O–H groups in total. The van der Waals surface area contributed by atoms with Gasteiger partial charge in [0.2, 0.25) is 0 Å². The Bertz CT molecular complexity index is 739. The maximum absolute atomic E-state index is 12.1. The summed E-state index contributed by atoms with van der Waals surface area (Å²) in [6.45, 7) is 7.81. The summed E-state index contributed by atoms with van der Waals surface area (Å²) in [4.78, 5) is 24.0. The Balaban J connectivity index is 2.64. The molecule has 0 saturated carbocycles. The molecule has 4 heteroatoms. The van der Waals surface area contributed by atoms with Gasteiger partial charge in [-0.3, -0.25) is 14.2 Å². The minimum absolute atomic E-state index is 0.335. The van der Waals surface area contributed by atoms with Gasteiger partial charge in [0.05, 0.1) is 5.69 Å². The molecule has 0 aliphatic rings. The Morgan fingerprint density at radius 1 is 1.16 bits per heavy atom. The van der Waals surface area contributed by atoms with E-state index in [0.29, 0.717) is 6.54 Å². The van der Waals surface area contributed by atoms with E-state index in [4.69, 9.17) is 0 Å². The Labute approximate surface area is 111 Å². The second kappa shape index (κ2) is 5.10. The van der Waals surface area contributed by atoms with Crippen LogP contribution in [0.2, 0.25) is 0 Å². The van der Waals surface area contributed by atoms with Crippen molar-refractivity contribution in [2.45, 2.75) is 20.4 Å². The molecule has 0 radical (unpaired) electrons.